The lowest BCUT2D eigenvalue weighted by atomic mass is 10.0. The average Bonchev–Trinajstić information content (AvgIpc) is 3.23. The van der Waals surface area contributed by atoms with Crippen molar-refractivity contribution in [3.8, 4) is 16.8 Å². The summed E-state index contributed by atoms with van der Waals surface area (Å²) in [5, 5.41) is 14.1. The third-order valence-electron chi connectivity index (χ3n) is 6.24. The highest BCUT2D eigenvalue weighted by Gasteiger charge is 2.32. The molecule has 5 rings (SSSR count). The fourth-order valence-electron chi connectivity index (χ4n) is 4.59. The van der Waals surface area contributed by atoms with Crippen molar-refractivity contribution in [2.75, 3.05) is 18.5 Å². The molecule has 4 N–H and O–H groups in total. The molecule has 0 aliphatic heterocycles. The van der Waals surface area contributed by atoms with Crippen LogP contribution in [-0.2, 0) is 6.18 Å². The fourth-order valence-corrected chi connectivity index (χ4v) is 4.59. The summed E-state index contributed by atoms with van der Waals surface area (Å²) in [6, 6.07) is 21.1. The Hall–Kier alpha value is -4.37. The van der Waals surface area contributed by atoms with Gasteiger partial charge in [0.25, 0.3) is 5.91 Å². The van der Waals surface area contributed by atoms with Crippen LogP contribution in [0.15, 0.2) is 79.0 Å². The highest BCUT2D eigenvalue weighted by molar-refractivity contribution is 6.15. The number of para-hydroxylation sites is 1. The van der Waals surface area contributed by atoms with Crippen LogP contribution < -0.4 is 11.1 Å². The maximum absolute atomic E-state index is 13.1. The lowest BCUT2D eigenvalue weighted by Gasteiger charge is -2.14. The van der Waals surface area contributed by atoms with Crippen molar-refractivity contribution >= 4 is 33.4 Å². The van der Waals surface area contributed by atoms with E-state index >= 15 is 0 Å². The molecule has 0 aliphatic carbocycles. The Morgan fingerprint density at radius 3 is 2.49 bits per heavy atom. The first-order valence-electron chi connectivity index (χ1n) is 11.6. The number of halogens is 3. The second-order valence-electron chi connectivity index (χ2n) is 8.58. The summed E-state index contributed by atoms with van der Waals surface area (Å²) in [6.45, 7) is 0.464. The predicted octanol–water partition coefficient (Wildman–Crippen LogP) is 5.76. The Labute approximate surface area is 210 Å². The molecular formula is C28H23F3N4O2. The molecule has 0 saturated heterocycles. The number of aliphatic hydroxyl groups is 1. The van der Waals surface area contributed by atoms with Crippen molar-refractivity contribution in [1.29, 1.82) is 0 Å². The van der Waals surface area contributed by atoms with Crippen LogP contribution in [0.25, 0.3) is 38.6 Å². The molecule has 6 nitrogen and oxygen atoms in total. The van der Waals surface area contributed by atoms with E-state index < -0.39 is 17.8 Å². The van der Waals surface area contributed by atoms with Crippen molar-refractivity contribution < 1.29 is 23.1 Å². The van der Waals surface area contributed by atoms with Crippen molar-refractivity contribution in [2.24, 2.45) is 5.73 Å². The SMILES string of the molecule is NC(=O)c1ccc(-n2c3ccccc3c3c(-c4ccc(C(F)(F)F)nc4)cccc32)cc1NCCCO. The largest absolute Gasteiger partial charge is 0.433 e. The van der Waals surface area contributed by atoms with E-state index in [2.05, 4.69) is 10.3 Å². The molecule has 2 heterocycles. The second-order valence-corrected chi connectivity index (χ2v) is 8.58. The highest BCUT2D eigenvalue weighted by Crippen LogP contribution is 2.39. The standard InChI is InChI=1S/C28H23F3N4O2/c29-28(30,31)25-12-9-17(16-34-25)19-6-3-8-24-26(19)21-5-1-2-7-23(21)35(24)18-10-11-20(27(32)37)22(15-18)33-13-4-14-36/h1-3,5-12,15-16,33,36H,4,13-14H2,(H2,32,37). The van der Waals surface area contributed by atoms with E-state index in [0.717, 1.165) is 39.1 Å². The van der Waals surface area contributed by atoms with Gasteiger partial charge in [-0.2, -0.15) is 13.2 Å². The molecule has 0 unspecified atom stereocenters. The van der Waals surface area contributed by atoms with Crippen LogP contribution >= 0.6 is 0 Å². The number of hydrogen-bond acceptors (Lipinski definition) is 4. The van der Waals surface area contributed by atoms with Gasteiger partial charge >= 0.3 is 6.18 Å². The maximum Gasteiger partial charge on any atom is 0.433 e. The number of carbonyl (C=O) groups is 1. The van der Waals surface area contributed by atoms with Crippen LogP contribution in [0.1, 0.15) is 22.5 Å². The number of primary amides is 1. The Balaban J connectivity index is 1.72. The van der Waals surface area contributed by atoms with Gasteiger partial charge < -0.3 is 20.7 Å². The Morgan fingerprint density at radius 1 is 1.00 bits per heavy atom. The summed E-state index contributed by atoms with van der Waals surface area (Å²) in [5.41, 5.74) is 9.33. The molecule has 0 fully saturated rings. The molecule has 1 amide bonds. The first kappa shape index (κ1) is 24.3. The van der Waals surface area contributed by atoms with Gasteiger partial charge in [0.05, 0.1) is 16.6 Å². The minimum absolute atomic E-state index is 0.00700. The summed E-state index contributed by atoms with van der Waals surface area (Å²) in [5.74, 6) is -0.572. The number of pyridine rings is 1. The quantitative estimate of drug-likeness (QED) is 0.246. The zero-order chi connectivity index (χ0) is 26.2. The van der Waals surface area contributed by atoms with E-state index in [1.165, 1.54) is 12.3 Å². The molecule has 5 aromatic rings. The van der Waals surface area contributed by atoms with Crippen LogP contribution in [0.5, 0.6) is 0 Å². The van der Waals surface area contributed by atoms with Gasteiger partial charge in [0.15, 0.2) is 0 Å². The predicted molar refractivity (Wildman–Crippen MR) is 138 cm³/mol. The molecule has 9 heteroatoms. The number of aromatic nitrogens is 2. The molecule has 0 saturated carbocycles. The summed E-state index contributed by atoms with van der Waals surface area (Å²) in [4.78, 5) is 15.7. The fraction of sp³-hybridized carbons (Fsp3) is 0.143. The van der Waals surface area contributed by atoms with Gasteiger partial charge in [-0.3, -0.25) is 9.78 Å². The number of alkyl halides is 3. The first-order valence-corrected chi connectivity index (χ1v) is 11.6. The summed E-state index contributed by atoms with van der Waals surface area (Å²) in [6.07, 6.45) is -2.77. The molecule has 37 heavy (non-hydrogen) atoms. The van der Waals surface area contributed by atoms with Crippen LogP contribution in [0.2, 0.25) is 0 Å². The lowest BCUT2D eigenvalue weighted by molar-refractivity contribution is -0.141. The zero-order valence-electron chi connectivity index (χ0n) is 19.6. The number of benzene rings is 3. The molecule has 188 valence electrons. The molecule has 0 spiro atoms. The number of fused-ring (bicyclic) bond motifs is 3. The number of nitrogens with zero attached hydrogens (tertiary/aromatic N) is 2. The second kappa shape index (κ2) is 9.59. The summed E-state index contributed by atoms with van der Waals surface area (Å²) < 4.78 is 41.2. The number of nitrogens with two attached hydrogens (primary N) is 1. The van der Waals surface area contributed by atoms with Gasteiger partial charge in [-0.1, -0.05) is 36.4 Å². The van der Waals surface area contributed by atoms with E-state index in [0.29, 0.717) is 29.8 Å². The van der Waals surface area contributed by atoms with Crippen LogP contribution in [-0.4, -0.2) is 33.7 Å². The van der Waals surface area contributed by atoms with Gasteiger partial charge in [-0.15, -0.1) is 0 Å². The van der Waals surface area contributed by atoms with E-state index in [1.54, 1.807) is 12.1 Å². The van der Waals surface area contributed by atoms with Gasteiger partial charge in [0.1, 0.15) is 5.69 Å². The minimum Gasteiger partial charge on any atom is -0.396 e. The number of carbonyl (C=O) groups excluding carboxylic acids is 1. The number of hydrogen-bond donors (Lipinski definition) is 3. The lowest BCUT2D eigenvalue weighted by Crippen LogP contribution is -2.15. The molecule has 3 aromatic carbocycles. The van der Waals surface area contributed by atoms with Crippen molar-refractivity contribution in [1.82, 2.24) is 9.55 Å². The maximum atomic E-state index is 13.1. The average molecular weight is 505 g/mol. The summed E-state index contributed by atoms with van der Waals surface area (Å²) >= 11 is 0. The number of nitrogens with one attached hydrogen (secondary N) is 1. The van der Waals surface area contributed by atoms with Crippen LogP contribution in [0.4, 0.5) is 18.9 Å². The Morgan fingerprint density at radius 2 is 1.78 bits per heavy atom. The smallest absolute Gasteiger partial charge is 0.396 e. The van der Waals surface area contributed by atoms with Crippen LogP contribution in [0, 0.1) is 0 Å². The number of rotatable bonds is 7. The number of aliphatic hydroxyl groups excluding tert-OH is 1. The molecule has 0 bridgehead atoms. The monoisotopic (exact) mass is 504 g/mol. The van der Waals surface area contributed by atoms with E-state index in [1.807, 2.05) is 53.1 Å². The van der Waals surface area contributed by atoms with Gasteiger partial charge in [-0.25, -0.2) is 0 Å². The topological polar surface area (TPSA) is 93.2 Å². The minimum atomic E-state index is -4.51. The van der Waals surface area contributed by atoms with Gasteiger partial charge in [0.2, 0.25) is 0 Å². The zero-order valence-corrected chi connectivity index (χ0v) is 19.6. The van der Waals surface area contributed by atoms with Gasteiger partial charge in [0, 0.05) is 47.1 Å². The number of amides is 1. The van der Waals surface area contributed by atoms with E-state index in [-0.39, 0.29) is 6.61 Å². The normalized spacial score (nSPS) is 11.8. The van der Waals surface area contributed by atoms with Crippen molar-refractivity contribution in [3.05, 3.63) is 90.3 Å². The Kier molecular flexibility index (Phi) is 6.31. The molecule has 0 radical (unpaired) electrons. The van der Waals surface area contributed by atoms with Gasteiger partial charge in [-0.05, 0) is 48.4 Å². The number of anilines is 1. The van der Waals surface area contributed by atoms with Crippen molar-refractivity contribution in [3.63, 3.8) is 0 Å². The molecule has 0 atom stereocenters. The van der Waals surface area contributed by atoms with E-state index in [9.17, 15) is 18.0 Å². The van der Waals surface area contributed by atoms with E-state index in [4.69, 9.17) is 10.8 Å². The summed E-state index contributed by atoms with van der Waals surface area (Å²) in [7, 11) is 0. The third kappa shape index (κ3) is 4.49. The highest BCUT2D eigenvalue weighted by atomic mass is 19.4. The molecule has 0 aliphatic rings. The Bertz CT molecular complexity index is 1610. The molecular weight excluding hydrogens is 481 g/mol. The molecule has 2 aromatic heterocycles. The van der Waals surface area contributed by atoms with Crippen LogP contribution in [0.3, 0.4) is 0 Å². The van der Waals surface area contributed by atoms with Crippen molar-refractivity contribution in [2.45, 2.75) is 12.6 Å². The third-order valence-corrected chi connectivity index (χ3v) is 6.24. The first-order chi connectivity index (χ1) is 17.8.